The van der Waals surface area contributed by atoms with Crippen LogP contribution in [0.5, 0.6) is 0 Å². The molecule has 3 aliphatic heterocycles. The molecule has 91 heavy (non-hydrogen) atoms. The summed E-state index contributed by atoms with van der Waals surface area (Å²) in [6.07, 6.45) is 40.8. The zero-order chi connectivity index (χ0) is 66.1. The summed E-state index contributed by atoms with van der Waals surface area (Å²) in [5, 5.41) is 121. The highest BCUT2D eigenvalue weighted by Gasteiger charge is 2.53. The van der Waals surface area contributed by atoms with Crippen LogP contribution < -0.4 is 5.32 Å². The lowest BCUT2D eigenvalue weighted by Gasteiger charge is -2.48. The number of rotatable bonds is 53. The molecule has 0 aliphatic carbocycles. The average Bonchev–Trinajstić information content (AvgIpc) is 0.883. The highest BCUT2D eigenvalue weighted by atomic mass is 16.8. The molecule has 0 saturated carbocycles. The Balaban J connectivity index is 1.45. The van der Waals surface area contributed by atoms with Crippen molar-refractivity contribution in [2.45, 2.75) is 336 Å². The number of aliphatic hydroxyl groups excluding tert-OH is 11. The molecule has 0 bridgehead atoms. The van der Waals surface area contributed by atoms with Crippen LogP contribution in [0.25, 0.3) is 0 Å². The summed E-state index contributed by atoms with van der Waals surface area (Å²) in [5.41, 5.74) is 0. The van der Waals surface area contributed by atoms with Crippen LogP contribution >= 0.6 is 0 Å². The van der Waals surface area contributed by atoms with Crippen LogP contribution in [-0.2, 0) is 33.2 Å². The molecule has 19 heteroatoms. The van der Waals surface area contributed by atoms with Crippen LogP contribution in [0.3, 0.4) is 0 Å². The maximum Gasteiger partial charge on any atom is 0.220 e. The highest BCUT2D eigenvalue weighted by molar-refractivity contribution is 5.76. The lowest BCUT2D eigenvalue weighted by Crippen LogP contribution is -2.66. The summed E-state index contributed by atoms with van der Waals surface area (Å²) >= 11 is 0. The summed E-state index contributed by atoms with van der Waals surface area (Å²) in [7, 11) is 0. The number of amides is 1. The van der Waals surface area contributed by atoms with Gasteiger partial charge in [-0.1, -0.05) is 240 Å². The zero-order valence-corrected chi connectivity index (χ0v) is 55.5. The van der Waals surface area contributed by atoms with E-state index in [1.165, 1.54) is 109 Å². The molecule has 19 nitrogen and oxygen atoms in total. The van der Waals surface area contributed by atoms with E-state index in [0.717, 1.165) is 83.5 Å². The number of carbonyl (C=O) groups excluding carboxylic acids is 1. The van der Waals surface area contributed by atoms with Gasteiger partial charge in [0.05, 0.1) is 38.6 Å². The highest BCUT2D eigenvalue weighted by Crippen LogP contribution is 2.33. The van der Waals surface area contributed by atoms with Crippen molar-refractivity contribution >= 4 is 5.91 Å². The number of hydrogen-bond acceptors (Lipinski definition) is 18. The van der Waals surface area contributed by atoms with Gasteiger partial charge in [0.15, 0.2) is 18.9 Å². The standard InChI is InChI=1S/C72H125NO18/c1-3-5-7-9-11-13-15-17-19-21-23-25-26-27-28-30-32-34-36-38-40-42-44-46-48-50-60(78)73-55(56(77)49-47-45-43-41-39-37-35-33-31-29-24-22-20-18-16-14-12-10-8-6-4-2)54-86-70-66(84)63(81)68(58(52-75)88-70)91-72-67(85)64(82)69(59(53-76)89-72)90-71-65(83)62(80)61(79)57(51-74)87-71/h5,7,11,13,17,19,23,25,27-28,32,34,38,40,55-59,61-72,74-77,79-85H,3-4,6,8-10,12,14-16,18,20-22,24,26,29-31,33,35-37,39,41-54H2,1-2H3,(H,73,78)/b7-5-,13-11-,19-17-,25-23-,28-27-,34-32-,40-38-. The molecule has 3 heterocycles. The number of allylic oxidation sites excluding steroid dienone is 14. The first-order valence-electron chi connectivity index (χ1n) is 35.3. The van der Waals surface area contributed by atoms with Gasteiger partial charge in [-0.3, -0.25) is 4.79 Å². The van der Waals surface area contributed by atoms with Gasteiger partial charge in [-0.15, -0.1) is 0 Å². The lowest BCUT2D eigenvalue weighted by atomic mass is 9.96. The predicted molar refractivity (Wildman–Crippen MR) is 355 cm³/mol. The van der Waals surface area contributed by atoms with Crippen molar-refractivity contribution in [3.63, 3.8) is 0 Å². The third-order valence-corrected chi connectivity index (χ3v) is 17.2. The summed E-state index contributed by atoms with van der Waals surface area (Å²) in [6.45, 7) is 1.67. The Kier molecular flexibility index (Phi) is 48.0. The van der Waals surface area contributed by atoms with E-state index in [1.54, 1.807) is 0 Å². The van der Waals surface area contributed by atoms with E-state index < -0.39 is 124 Å². The van der Waals surface area contributed by atoms with Crippen molar-refractivity contribution in [2.24, 2.45) is 0 Å². The van der Waals surface area contributed by atoms with E-state index in [4.69, 9.17) is 28.4 Å². The van der Waals surface area contributed by atoms with Crippen molar-refractivity contribution in [1.29, 1.82) is 0 Å². The fraction of sp³-hybridized carbons (Fsp3) is 0.792. The van der Waals surface area contributed by atoms with Crippen molar-refractivity contribution in [3.8, 4) is 0 Å². The van der Waals surface area contributed by atoms with Gasteiger partial charge in [0, 0.05) is 6.42 Å². The van der Waals surface area contributed by atoms with Gasteiger partial charge in [-0.2, -0.15) is 0 Å². The first-order chi connectivity index (χ1) is 44.3. The summed E-state index contributed by atoms with van der Waals surface area (Å²) < 4.78 is 34.4. The Morgan fingerprint density at radius 2 is 0.758 bits per heavy atom. The number of hydrogen-bond donors (Lipinski definition) is 12. The molecular weight excluding hydrogens is 1170 g/mol. The Bertz CT molecular complexity index is 1980. The molecule has 526 valence electrons. The molecule has 17 atom stereocenters. The Labute approximate surface area is 546 Å². The van der Waals surface area contributed by atoms with Crippen LogP contribution in [-0.4, -0.2) is 193 Å². The molecule has 3 fully saturated rings. The van der Waals surface area contributed by atoms with Gasteiger partial charge in [-0.05, 0) is 70.6 Å². The van der Waals surface area contributed by atoms with E-state index in [-0.39, 0.29) is 18.9 Å². The smallest absolute Gasteiger partial charge is 0.220 e. The third kappa shape index (κ3) is 35.0. The second-order valence-electron chi connectivity index (χ2n) is 25.0. The van der Waals surface area contributed by atoms with Crippen LogP contribution in [0.15, 0.2) is 85.1 Å². The third-order valence-electron chi connectivity index (χ3n) is 17.2. The molecule has 3 rings (SSSR count). The number of nitrogens with one attached hydrogen (secondary N) is 1. The van der Waals surface area contributed by atoms with Crippen molar-refractivity contribution in [2.75, 3.05) is 26.4 Å². The predicted octanol–water partition coefficient (Wildman–Crippen LogP) is 9.49. The van der Waals surface area contributed by atoms with E-state index in [2.05, 4.69) is 104 Å². The van der Waals surface area contributed by atoms with Crippen molar-refractivity contribution < 1.29 is 89.4 Å². The van der Waals surface area contributed by atoms with Crippen LogP contribution in [0.4, 0.5) is 0 Å². The van der Waals surface area contributed by atoms with E-state index >= 15 is 0 Å². The molecule has 0 aromatic heterocycles. The minimum Gasteiger partial charge on any atom is -0.394 e. The quantitative estimate of drug-likeness (QED) is 0.0199. The molecule has 0 aromatic rings. The number of unbranched alkanes of at least 4 members (excludes halogenated alkanes) is 23. The topological polar surface area (TPSA) is 307 Å². The SMILES string of the molecule is CC/C=C\C/C=C\C/C=C\C/C=C\C/C=C\C/C=C\C/C=C\CCCCCC(=O)NC(COC1OC(CO)C(OC2OC(CO)C(OC3OC(CO)C(O)C(O)C3O)C(O)C2O)C(O)C1O)C(O)CCCCCCCCCCCCCCCCCCCCCCC. The molecule has 3 aliphatic rings. The average molecular weight is 1290 g/mol. The number of ether oxygens (including phenoxy) is 6. The summed E-state index contributed by atoms with van der Waals surface area (Å²) in [5.74, 6) is -0.276. The fourth-order valence-corrected chi connectivity index (χ4v) is 11.5. The molecule has 1 amide bonds. The fourth-order valence-electron chi connectivity index (χ4n) is 11.5. The normalized spacial score (nSPS) is 28.4. The van der Waals surface area contributed by atoms with Crippen LogP contribution in [0, 0.1) is 0 Å². The van der Waals surface area contributed by atoms with Crippen molar-refractivity contribution in [1.82, 2.24) is 5.32 Å². The minimum atomic E-state index is -1.98. The van der Waals surface area contributed by atoms with E-state index in [1.807, 2.05) is 0 Å². The van der Waals surface area contributed by atoms with E-state index in [0.29, 0.717) is 19.3 Å². The van der Waals surface area contributed by atoms with Gasteiger partial charge in [0.1, 0.15) is 73.2 Å². The van der Waals surface area contributed by atoms with Gasteiger partial charge in [0.25, 0.3) is 0 Å². The number of carbonyl (C=O) groups is 1. The molecule has 0 radical (unpaired) electrons. The molecular formula is C72H125NO18. The first-order valence-corrected chi connectivity index (χ1v) is 35.3. The van der Waals surface area contributed by atoms with Gasteiger partial charge >= 0.3 is 0 Å². The molecule has 3 saturated heterocycles. The van der Waals surface area contributed by atoms with Crippen LogP contribution in [0.2, 0.25) is 0 Å². The summed E-state index contributed by atoms with van der Waals surface area (Å²) in [6, 6.07) is -0.912. The minimum absolute atomic E-state index is 0.221. The number of aliphatic hydroxyl groups is 11. The van der Waals surface area contributed by atoms with Gasteiger partial charge in [-0.25, -0.2) is 0 Å². The monoisotopic (exact) mass is 1290 g/mol. The molecule has 0 spiro atoms. The van der Waals surface area contributed by atoms with E-state index in [9.17, 15) is 61.0 Å². The Morgan fingerprint density at radius 3 is 1.18 bits per heavy atom. The maximum atomic E-state index is 13.4. The molecule has 0 aromatic carbocycles. The zero-order valence-electron chi connectivity index (χ0n) is 55.5. The second kappa shape index (κ2) is 53.2. The van der Waals surface area contributed by atoms with Gasteiger partial charge in [0.2, 0.25) is 5.91 Å². The lowest BCUT2D eigenvalue weighted by molar-refractivity contribution is -0.379. The first kappa shape index (κ1) is 82.2. The molecule has 17 unspecified atom stereocenters. The second-order valence-corrected chi connectivity index (χ2v) is 25.0. The Morgan fingerprint density at radius 1 is 0.407 bits per heavy atom. The van der Waals surface area contributed by atoms with Crippen molar-refractivity contribution in [3.05, 3.63) is 85.1 Å². The largest absolute Gasteiger partial charge is 0.394 e. The summed E-state index contributed by atoms with van der Waals surface area (Å²) in [4.78, 5) is 13.4. The van der Waals surface area contributed by atoms with Crippen LogP contribution in [0.1, 0.15) is 232 Å². The maximum absolute atomic E-state index is 13.4. The van der Waals surface area contributed by atoms with Gasteiger partial charge < -0.3 is 89.9 Å². The molecule has 12 N–H and O–H groups in total. The Hall–Kier alpha value is -3.03.